The van der Waals surface area contributed by atoms with E-state index in [-0.39, 0.29) is 24.7 Å². The number of carbonyl (C=O) groups is 3. The molecule has 3 N–H and O–H groups in total. The van der Waals surface area contributed by atoms with E-state index in [2.05, 4.69) is 15.2 Å². The van der Waals surface area contributed by atoms with Gasteiger partial charge in [-0.1, -0.05) is 12.1 Å². The monoisotopic (exact) mass is 598 g/mol. The Morgan fingerprint density at radius 2 is 1.84 bits per heavy atom. The number of rotatable bonds is 6. The molecule has 0 spiro atoms. The van der Waals surface area contributed by atoms with Crippen LogP contribution < -0.4 is 10.9 Å². The lowest BCUT2D eigenvalue weighted by Gasteiger charge is -2.47. The average Bonchev–Trinajstić information content (AvgIpc) is 3.26. The summed E-state index contributed by atoms with van der Waals surface area (Å²) in [5.41, 5.74) is -1.83. The number of aromatic hydroxyl groups is 1. The Hall–Kier alpha value is -3.84. The molecule has 4 heterocycles. The number of hydrogen-bond acceptors (Lipinski definition) is 8. The zero-order chi connectivity index (χ0) is 31.3. The molecule has 232 valence electrons. The van der Waals surface area contributed by atoms with Crippen molar-refractivity contribution in [3.8, 4) is 5.75 Å². The summed E-state index contributed by atoms with van der Waals surface area (Å²) in [6, 6.07) is 4.41. The van der Waals surface area contributed by atoms with Crippen molar-refractivity contribution < 1.29 is 29.0 Å². The highest BCUT2D eigenvalue weighted by atomic mass is 19.1. The highest BCUT2D eigenvalue weighted by Gasteiger charge is 2.55. The Labute approximate surface area is 249 Å². The summed E-state index contributed by atoms with van der Waals surface area (Å²) in [5, 5.41) is 23.8. The van der Waals surface area contributed by atoms with Crippen molar-refractivity contribution >= 4 is 17.7 Å². The van der Waals surface area contributed by atoms with Crippen LogP contribution in [0, 0.1) is 18.2 Å². The van der Waals surface area contributed by atoms with Crippen molar-refractivity contribution in [2.45, 2.75) is 63.8 Å². The molecule has 43 heavy (non-hydrogen) atoms. The number of aryl methyl sites for hydroxylation is 1. The maximum atomic E-state index is 13.8. The van der Waals surface area contributed by atoms with Crippen LogP contribution in [0.2, 0.25) is 0 Å². The quantitative estimate of drug-likeness (QED) is 0.412. The molecule has 0 radical (unpaired) electrons. The standard InChI is InChI=1S/C30H39FN6O6/c1-18-13-19(5-6-21(18)31)14-32-24(40)22-23(39)25(41)37-17-29(16-36-12-7-20(38)15-36)8-10-30(11-9-29,28(37)33-22)35(4)27(43)26(42)34(2)3/h5-6,13,20,38-39H,7-12,14-17H2,1-4H3,(H,32,40). The van der Waals surface area contributed by atoms with Crippen LogP contribution in [0.3, 0.4) is 0 Å². The molecule has 2 bridgehead atoms. The first kappa shape index (κ1) is 30.6. The van der Waals surface area contributed by atoms with Gasteiger partial charge in [-0.3, -0.25) is 23.7 Å². The minimum atomic E-state index is -1.18. The Kier molecular flexibility index (Phi) is 8.07. The number of hydrogen-bond donors (Lipinski definition) is 3. The van der Waals surface area contributed by atoms with Crippen molar-refractivity contribution in [3.05, 3.63) is 57.0 Å². The van der Waals surface area contributed by atoms with Gasteiger partial charge in [-0.15, -0.1) is 0 Å². The Balaban J connectivity index is 1.55. The van der Waals surface area contributed by atoms with E-state index in [9.17, 15) is 33.8 Å². The Bertz CT molecular complexity index is 1520. The van der Waals surface area contributed by atoms with E-state index in [0.717, 1.165) is 6.54 Å². The van der Waals surface area contributed by atoms with Crippen molar-refractivity contribution in [1.29, 1.82) is 0 Å². The first-order valence-electron chi connectivity index (χ1n) is 14.5. The number of aromatic nitrogens is 2. The number of aliphatic hydroxyl groups excluding tert-OH is 1. The van der Waals surface area contributed by atoms with Crippen LogP contribution in [0.1, 0.15) is 59.5 Å². The van der Waals surface area contributed by atoms with Gasteiger partial charge in [0.2, 0.25) is 5.75 Å². The van der Waals surface area contributed by atoms with Gasteiger partial charge >= 0.3 is 11.8 Å². The van der Waals surface area contributed by atoms with Crippen molar-refractivity contribution in [2.75, 3.05) is 40.8 Å². The van der Waals surface area contributed by atoms with Gasteiger partial charge in [-0.25, -0.2) is 9.37 Å². The number of nitrogens with zero attached hydrogens (tertiary/aromatic N) is 5. The molecular weight excluding hydrogens is 559 g/mol. The second-order valence-corrected chi connectivity index (χ2v) is 12.6. The summed E-state index contributed by atoms with van der Waals surface area (Å²) in [7, 11) is 4.48. The second kappa shape index (κ2) is 11.3. The van der Waals surface area contributed by atoms with E-state index in [1.165, 1.54) is 47.6 Å². The largest absolute Gasteiger partial charge is 0.501 e. The normalized spacial score (nSPS) is 24.7. The number of benzene rings is 1. The molecule has 2 aromatic rings. The fourth-order valence-corrected chi connectivity index (χ4v) is 6.85. The molecule has 6 rings (SSSR count). The number of carbonyl (C=O) groups excluding carboxylic acids is 3. The number of likely N-dealkylation sites (N-methyl/N-ethyl adjacent to an activating group) is 2. The first-order chi connectivity index (χ1) is 20.3. The molecule has 3 aliphatic heterocycles. The van der Waals surface area contributed by atoms with Crippen LogP contribution in [0.25, 0.3) is 0 Å². The predicted octanol–water partition coefficient (Wildman–Crippen LogP) is 0.709. The van der Waals surface area contributed by atoms with Crippen molar-refractivity contribution in [3.63, 3.8) is 0 Å². The summed E-state index contributed by atoms with van der Waals surface area (Å²) in [4.78, 5) is 62.5. The van der Waals surface area contributed by atoms with E-state index in [0.29, 0.717) is 56.3 Å². The summed E-state index contributed by atoms with van der Waals surface area (Å²) in [6.07, 6.45) is 2.23. The third-order valence-electron chi connectivity index (χ3n) is 9.43. The number of likely N-dealkylation sites (tertiary alicyclic amines) is 1. The van der Waals surface area contributed by atoms with E-state index in [1.807, 2.05) is 0 Å². The van der Waals surface area contributed by atoms with Crippen LogP contribution in [0.4, 0.5) is 4.39 Å². The second-order valence-electron chi connectivity index (χ2n) is 12.6. The molecule has 1 saturated carbocycles. The Morgan fingerprint density at radius 1 is 1.14 bits per heavy atom. The van der Waals surface area contributed by atoms with Gasteiger partial charge in [-0.2, -0.15) is 0 Å². The van der Waals surface area contributed by atoms with Gasteiger partial charge in [0.15, 0.2) is 5.69 Å². The number of amides is 3. The van der Waals surface area contributed by atoms with Gasteiger partial charge < -0.3 is 30.2 Å². The molecule has 1 aromatic heterocycles. The van der Waals surface area contributed by atoms with Crippen LogP contribution in [-0.2, 0) is 28.2 Å². The van der Waals surface area contributed by atoms with E-state index < -0.39 is 51.8 Å². The zero-order valence-corrected chi connectivity index (χ0v) is 25.0. The SMILES string of the molecule is Cc1cc(CNC(=O)c2nc3n(c(=O)c2O)CC2(CN4CCC(O)C4)CCC3(N(C)C(=O)C(=O)N(C)C)CC2)ccc1F. The van der Waals surface area contributed by atoms with Crippen LogP contribution in [-0.4, -0.2) is 99.1 Å². The molecule has 1 saturated heterocycles. The number of nitrogens with one attached hydrogen (secondary N) is 1. The van der Waals surface area contributed by atoms with Crippen LogP contribution in [0.15, 0.2) is 23.0 Å². The molecule has 1 aliphatic carbocycles. The lowest BCUT2D eigenvalue weighted by Crippen LogP contribution is -2.55. The maximum absolute atomic E-state index is 13.8. The fraction of sp³-hybridized carbons (Fsp3) is 0.567. The summed E-state index contributed by atoms with van der Waals surface area (Å²) in [5.74, 6) is -3.33. The number of fused-ring (bicyclic) bond motifs is 2. The van der Waals surface area contributed by atoms with E-state index in [4.69, 9.17) is 0 Å². The lowest BCUT2D eigenvalue weighted by atomic mass is 9.67. The third-order valence-corrected chi connectivity index (χ3v) is 9.43. The highest BCUT2D eigenvalue weighted by molar-refractivity contribution is 6.34. The van der Waals surface area contributed by atoms with E-state index in [1.54, 1.807) is 13.0 Å². The van der Waals surface area contributed by atoms with Crippen molar-refractivity contribution in [2.24, 2.45) is 5.41 Å². The fourth-order valence-electron chi connectivity index (χ4n) is 6.85. The first-order valence-corrected chi connectivity index (χ1v) is 14.5. The molecule has 12 nitrogen and oxygen atoms in total. The molecule has 2 fully saturated rings. The molecule has 1 aromatic carbocycles. The van der Waals surface area contributed by atoms with Gasteiger partial charge in [-0.05, 0) is 56.2 Å². The smallest absolute Gasteiger partial charge is 0.312 e. The van der Waals surface area contributed by atoms with Gasteiger partial charge in [0.05, 0.1) is 6.10 Å². The molecule has 13 heteroatoms. The molecule has 3 amide bonds. The average molecular weight is 599 g/mol. The zero-order valence-electron chi connectivity index (χ0n) is 25.0. The maximum Gasteiger partial charge on any atom is 0.312 e. The number of aliphatic hydroxyl groups is 1. The molecule has 4 aliphatic rings. The minimum absolute atomic E-state index is 0.00512. The lowest BCUT2D eigenvalue weighted by molar-refractivity contribution is -0.155. The van der Waals surface area contributed by atoms with Gasteiger partial charge in [0.25, 0.3) is 11.5 Å². The summed E-state index contributed by atoms with van der Waals surface area (Å²) in [6.45, 7) is 3.68. The summed E-state index contributed by atoms with van der Waals surface area (Å²) >= 11 is 0. The number of halogens is 1. The van der Waals surface area contributed by atoms with Gasteiger partial charge in [0, 0.05) is 59.3 Å². The summed E-state index contributed by atoms with van der Waals surface area (Å²) < 4.78 is 15.1. The van der Waals surface area contributed by atoms with Crippen LogP contribution in [0.5, 0.6) is 5.75 Å². The highest BCUT2D eigenvalue weighted by Crippen LogP contribution is 2.52. The van der Waals surface area contributed by atoms with Crippen molar-refractivity contribution in [1.82, 2.24) is 29.6 Å². The molecular formula is C30H39FN6O6. The third kappa shape index (κ3) is 5.51. The topological polar surface area (TPSA) is 148 Å². The Morgan fingerprint density at radius 3 is 2.44 bits per heavy atom. The van der Waals surface area contributed by atoms with E-state index >= 15 is 0 Å². The number of β-amino-alcohol motifs (C(OH)–C–C–N with tert-alkyl or cyclic N) is 1. The van der Waals surface area contributed by atoms with Crippen LogP contribution >= 0.6 is 0 Å². The molecule has 1 unspecified atom stereocenters. The molecule has 1 atom stereocenters. The van der Waals surface area contributed by atoms with Gasteiger partial charge in [0.1, 0.15) is 17.2 Å². The minimum Gasteiger partial charge on any atom is -0.501 e. The predicted molar refractivity (Wildman–Crippen MR) is 154 cm³/mol.